The van der Waals surface area contributed by atoms with E-state index in [2.05, 4.69) is 32.3 Å². The van der Waals surface area contributed by atoms with Crippen molar-refractivity contribution in [2.75, 3.05) is 69.8 Å². The Morgan fingerprint density at radius 2 is 2.06 bits per heavy atom. The van der Waals surface area contributed by atoms with Crippen LogP contribution in [0.25, 0.3) is 21.2 Å². The van der Waals surface area contributed by atoms with Gasteiger partial charge in [-0.05, 0) is 61.1 Å². The molecule has 0 radical (unpaired) electrons. The highest BCUT2D eigenvalue weighted by atomic mass is 32.1. The quantitative estimate of drug-likeness (QED) is 0.286. The maximum Gasteiger partial charge on any atom is 0.318 e. The Hall–Kier alpha value is -3.74. The van der Waals surface area contributed by atoms with Crippen LogP contribution in [0.3, 0.4) is 0 Å². The molecule has 3 N–H and O–H groups in total. The molecular weight excluding hydrogens is 668 g/mol. The fourth-order valence-electron chi connectivity index (χ4n) is 8.96. The number of fused-ring (bicyclic) bond motifs is 4. The summed E-state index contributed by atoms with van der Waals surface area (Å²) in [6, 6.07) is 5.31. The van der Waals surface area contributed by atoms with Crippen molar-refractivity contribution in [1.29, 1.82) is 5.26 Å². The lowest BCUT2D eigenvalue weighted by Gasteiger charge is -2.57. The molecule has 5 aliphatic rings. The predicted molar refractivity (Wildman–Crippen MR) is 186 cm³/mol. The highest BCUT2D eigenvalue weighted by Crippen LogP contribution is 2.47. The number of thiophene rings is 1. The standard InChI is InChI=1S/C36H40F3N7O3S/c1-20(30-27(39)4-5-29-32(30)24(13-40)33(41)50-29)25-17-48-18-26(25)31-28(12-37)42-35(49-19-36-6-2-8-45(36)14-21(38)11-36)43-34(31)46-22-10-23(46)16-44(15-22)7-3-9-47/h4-5,21-23,47H,1-3,6-12,14-19,41H2/t21-,22?,23?,36+/m1/s1. The van der Waals surface area contributed by atoms with Gasteiger partial charge in [-0.25, -0.2) is 13.2 Å². The van der Waals surface area contributed by atoms with Crippen LogP contribution in [0.2, 0.25) is 0 Å². The lowest BCUT2D eigenvalue weighted by Crippen LogP contribution is -2.69. The van der Waals surface area contributed by atoms with E-state index < -0.39 is 24.2 Å². The molecule has 0 saturated carbocycles. The number of nitriles is 1. The number of rotatable bonds is 11. The molecule has 10 nitrogen and oxygen atoms in total. The minimum absolute atomic E-state index is 0.0464. The number of benzene rings is 1. The van der Waals surface area contributed by atoms with E-state index in [-0.39, 0.29) is 61.3 Å². The van der Waals surface area contributed by atoms with Crippen LogP contribution in [0.5, 0.6) is 6.01 Å². The van der Waals surface area contributed by atoms with Crippen molar-refractivity contribution in [2.24, 2.45) is 0 Å². The van der Waals surface area contributed by atoms with E-state index in [9.17, 15) is 14.8 Å². The van der Waals surface area contributed by atoms with Crippen molar-refractivity contribution in [3.8, 4) is 12.1 Å². The molecule has 50 heavy (non-hydrogen) atoms. The molecule has 0 aliphatic carbocycles. The average molecular weight is 708 g/mol. The summed E-state index contributed by atoms with van der Waals surface area (Å²) in [5.41, 5.74) is 8.21. The van der Waals surface area contributed by atoms with Crippen LogP contribution in [0.15, 0.2) is 24.3 Å². The van der Waals surface area contributed by atoms with Gasteiger partial charge in [-0.1, -0.05) is 6.58 Å². The Bertz CT molecular complexity index is 1920. The Labute approximate surface area is 292 Å². The molecule has 4 atom stereocenters. The predicted octanol–water partition coefficient (Wildman–Crippen LogP) is 4.85. The fraction of sp³-hybridized carbons (Fsp3) is 0.528. The monoisotopic (exact) mass is 707 g/mol. The van der Waals surface area contributed by atoms with E-state index in [1.54, 1.807) is 6.07 Å². The van der Waals surface area contributed by atoms with Crippen molar-refractivity contribution >= 4 is 43.4 Å². The Balaban J connectivity index is 1.22. The van der Waals surface area contributed by atoms with Gasteiger partial charge in [0.1, 0.15) is 42.2 Å². The van der Waals surface area contributed by atoms with Crippen molar-refractivity contribution < 1.29 is 27.8 Å². The maximum absolute atomic E-state index is 15.7. The number of anilines is 2. The van der Waals surface area contributed by atoms with Gasteiger partial charge in [-0.15, -0.1) is 11.3 Å². The summed E-state index contributed by atoms with van der Waals surface area (Å²) in [5, 5.41) is 20.0. The summed E-state index contributed by atoms with van der Waals surface area (Å²) in [6.45, 7) is 7.43. The first-order valence-corrected chi connectivity index (χ1v) is 18.1. The Morgan fingerprint density at radius 3 is 2.82 bits per heavy atom. The number of halogens is 3. The first-order chi connectivity index (χ1) is 24.2. The zero-order valence-corrected chi connectivity index (χ0v) is 28.6. The van der Waals surface area contributed by atoms with Crippen LogP contribution >= 0.6 is 11.3 Å². The number of aliphatic hydroxyl groups excluding tert-OH is 1. The molecule has 3 aromatic rings. The third-order valence-electron chi connectivity index (χ3n) is 11.2. The van der Waals surface area contributed by atoms with Gasteiger partial charge in [0.2, 0.25) is 0 Å². The summed E-state index contributed by atoms with van der Waals surface area (Å²) in [4.78, 5) is 16.3. The molecule has 7 heterocycles. The summed E-state index contributed by atoms with van der Waals surface area (Å²) >= 11 is 1.21. The first-order valence-electron chi connectivity index (χ1n) is 17.3. The van der Waals surface area contributed by atoms with Crippen LogP contribution in [-0.2, 0) is 11.4 Å². The number of alkyl halides is 2. The van der Waals surface area contributed by atoms with Crippen LogP contribution in [0.4, 0.5) is 24.0 Å². The van der Waals surface area contributed by atoms with Crippen molar-refractivity contribution in [3.05, 3.63) is 52.5 Å². The summed E-state index contributed by atoms with van der Waals surface area (Å²) in [6.07, 6.45) is 2.87. The molecule has 4 saturated heterocycles. The minimum Gasteiger partial charge on any atom is -0.461 e. The number of nitrogen functional groups attached to an aromatic ring is 1. The van der Waals surface area contributed by atoms with Crippen molar-refractivity contribution in [1.82, 2.24) is 19.8 Å². The smallest absolute Gasteiger partial charge is 0.318 e. The van der Waals surface area contributed by atoms with E-state index in [4.69, 9.17) is 20.2 Å². The van der Waals surface area contributed by atoms with Crippen LogP contribution in [0, 0.1) is 17.1 Å². The normalized spacial score (nSPS) is 26.5. The van der Waals surface area contributed by atoms with Gasteiger partial charge in [0.25, 0.3) is 0 Å². The first kappa shape index (κ1) is 33.4. The third-order valence-corrected chi connectivity index (χ3v) is 12.2. The zero-order valence-electron chi connectivity index (χ0n) is 27.8. The highest BCUT2D eigenvalue weighted by molar-refractivity contribution is 7.23. The van der Waals surface area contributed by atoms with Crippen LogP contribution < -0.4 is 15.4 Å². The number of aromatic nitrogens is 2. The topological polar surface area (TPSA) is 124 Å². The SMILES string of the molecule is C=C(C1=C(c2c(CF)nc(OC[C@@]34CCCN3C[C@H](F)C4)nc2N2C3CC2CN(CCCO)C3)COC1)c1c(F)ccc2sc(N)c(C#N)c12. The highest BCUT2D eigenvalue weighted by Gasteiger charge is 2.50. The number of ether oxygens (including phenoxy) is 2. The van der Waals surface area contributed by atoms with Gasteiger partial charge in [-0.3, -0.25) is 9.80 Å². The second-order valence-corrected chi connectivity index (χ2v) is 15.2. The molecule has 0 spiro atoms. The number of nitrogens with two attached hydrogens (primary N) is 1. The largest absolute Gasteiger partial charge is 0.461 e. The minimum atomic E-state index is -0.917. The van der Waals surface area contributed by atoms with E-state index in [1.807, 2.05) is 0 Å². The number of hydrogen-bond acceptors (Lipinski definition) is 11. The number of piperazine rings is 1. The third kappa shape index (κ3) is 5.45. The average Bonchev–Trinajstić information content (AvgIpc) is 3.88. The number of aliphatic hydroxyl groups is 1. The molecular formula is C36H40F3N7O3S. The molecule has 2 unspecified atom stereocenters. The summed E-state index contributed by atoms with van der Waals surface area (Å²) in [7, 11) is 0. The van der Waals surface area contributed by atoms with Gasteiger partial charge >= 0.3 is 6.01 Å². The summed E-state index contributed by atoms with van der Waals surface area (Å²) in [5.74, 6) is -0.0206. The second-order valence-electron chi connectivity index (χ2n) is 14.1. The van der Waals surface area contributed by atoms with Crippen molar-refractivity contribution in [3.63, 3.8) is 0 Å². The summed E-state index contributed by atoms with van der Waals surface area (Å²) < 4.78 is 58.4. The van der Waals surface area contributed by atoms with E-state index in [0.29, 0.717) is 62.6 Å². The number of likely N-dealkylation sites (tertiary alicyclic amines) is 1. The second kappa shape index (κ2) is 13.1. The Kier molecular flexibility index (Phi) is 8.75. The molecule has 2 bridgehead atoms. The lowest BCUT2D eigenvalue weighted by atomic mass is 9.85. The van der Waals surface area contributed by atoms with Gasteiger partial charge in [0.15, 0.2) is 0 Å². The molecule has 8 rings (SSSR count). The molecule has 5 aliphatic heterocycles. The molecule has 4 fully saturated rings. The molecule has 14 heteroatoms. The zero-order chi connectivity index (χ0) is 34.7. The molecule has 264 valence electrons. The van der Waals surface area contributed by atoms with Gasteiger partial charge in [-0.2, -0.15) is 15.2 Å². The molecule has 2 aromatic heterocycles. The van der Waals surface area contributed by atoms with Gasteiger partial charge in [0, 0.05) is 72.5 Å². The molecule has 0 amide bonds. The number of hydrogen-bond donors (Lipinski definition) is 2. The van der Waals surface area contributed by atoms with E-state index in [1.165, 1.54) is 17.4 Å². The lowest BCUT2D eigenvalue weighted by molar-refractivity contribution is 0.102. The fourth-order valence-corrected chi connectivity index (χ4v) is 9.89. The van der Waals surface area contributed by atoms with E-state index in [0.717, 1.165) is 45.4 Å². The number of piperidine rings is 1. The van der Waals surface area contributed by atoms with E-state index >= 15 is 8.78 Å². The molecule has 1 aromatic carbocycles. The Morgan fingerprint density at radius 1 is 1.24 bits per heavy atom. The van der Waals surface area contributed by atoms with Crippen LogP contribution in [0.1, 0.15) is 54.5 Å². The maximum atomic E-state index is 15.7. The van der Waals surface area contributed by atoms with Crippen molar-refractivity contribution in [2.45, 2.75) is 62.6 Å². The van der Waals surface area contributed by atoms with Gasteiger partial charge in [0.05, 0.1) is 30.0 Å². The number of nitrogens with zero attached hydrogens (tertiary/aromatic N) is 6. The van der Waals surface area contributed by atoms with Crippen LogP contribution in [-0.4, -0.2) is 108 Å². The van der Waals surface area contributed by atoms with Gasteiger partial charge < -0.3 is 25.2 Å².